The van der Waals surface area contributed by atoms with Gasteiger partial charge in [-0.15, -0.1) is 0 Å². The molecule has 7 nitrogen and oxygen atoms in total. The number of ketones is 1. The fraction of sp³-hybridized carbons (Fsp3) is 0.111. The van der Waals surface area contributed by atoms with E-state index in [2.05, 4.69) is 0 Å². The van der Waals surface area contributed by atoms with Gasteiger partial charge in [-0.1, -0.05) is 29.8 Å². The number of anilines is 1. The first kappa shape index (κ1) is 23.4. The second-order valence-corrected chi connectivity index (χ2v) is 8.46. The molecular weight excluding hydrogens is 489 g/mol. The SMILES string of the molecule is COc1ccccc1C1C(C(=O)c2cc3cc(Cl)cc(OC)c3o2)=C(O)C(=O)N1c1ccc(F)cc1. The summed E-state index contributed by atoms with van der Waals surface area (Å²) in [6, 6.07) is 15.5. The number of aliphatic hydroxyl groups excluding tert-OH is 1. The van der Waals surface area contributed by atoms with E-state index in [4.69, 9.17) is 25.5 Å². The van der Waals surface area contributed by atoms with Crippen molar-refractivity contribution in [2.75, 3.05) is 19.1 Å². The monoisotopic (exact) mass is 507 g/mol. The molecule has 1 aliphatic heterocycles. The first-order valence-corrected chi connectivity index (χ1v) is 11.2. The van der Waals surface area contributed by atoms with Crippen molar-refractivity contribution in [2.24, 2.45) is 0 Å². The Kier molecular flexibility index (Phi) is 5.89. The van der Waals surface area contributed by atoms with Crippen LogP contribution < -0.4 is 14.4 Å². The summed E-state index contributed by atoms with van der Waals surface area (Å²) >= 11 is 6.15. The Balaban J connectivity index is 1.69. The number of para-hydroxylation sites is 1. The number of benzene rings is 3. The van der Waals surface area contributed by atoms with Gasteiger partial charge in [-0.25, -0.2) is 4.39 Å². The smallest absolute Gasteiger partial charge is 0.294 e. The fourth-order valence-electron chi connectivity index (χ4n) is 4.37. The van der Waals surface area contributed by atoms with Crippen molar-refractivity contribution < 1.29 is 33.0 Å². The number of halogens is 2. The number of rotatable bonds is 6. The molecule has 36 heavy (non-hydrogen) atoms. The summed E-state index contributed by atoms with van der Waals surface area (Å²) in [5.74, 6) is -2.19. The number of ether oxygens (including phenoxy) is 2. The van der Waals surface area contributed by atoms with Gasteiger partial charge in [0.15, 0.2) is 22.9 Å². The van der Waals surface area contributed by atoms with Crippen LogP contribution in [-0.4, -0.2) is 31.0 Å². The standard InChI is InChI=1S/C27H19ClFNO6/c1-34-19-6-4-3-5-18(19)23-22(25(32)27(33)30(23)17-9-7-16(29)8-10-17)24(31)20-12-14-11-15(28)13-21(35-2)26(14)36-20/h3-13,23,32H,1-2H3. The average molecular weight is 508 g/mol. The Bertz CT molecular complexity index is 1540. The van der Waals surface area contributed by atoms with Crippen molar-refractivity contribution in [3.8, 4) is 11.5 Å². The minimum atomic E-state index is -1.08. The summed E-state index contributed by atoms with van der Waals surface area (Å²) < 4.78 is 30.2. The van der Waals surface area contributed by atoms with Gasteiger partial charge in [0.25, 0.3) is 5.91 Å². The molecule has 1 N–H and O–H groups in total. The molecule has 1 atom stereocenters. The molecule has 0 bridgehead atoms. The first-order chi connectivity index (χ1) is 17.3. The minimum Gasteiger partial charge on any atom is -0.503 e. The molecule has 2 heterocycles. The topological polar surface area (TPSA) is 89.2 Å². The number of amides is 1. The van der Waals surface area contributed by atoms with Crippen LogP contribution in [0.25, 0.3) is 11.0 Å². The summed E-state index contributed by atoms with van der Waals surface area (Å²) in [5.41, 5.74) is 0.809. The van der Waals surface area contributed by atoms with Gasteiger partial charge in [0, 0.05) is 27.7 Å². The average Bonchev–Trinajstić information content (AvgIpc) is 3.42. The first-order valence-electron chi connectivity index (χ1n) is 10.8. The number of hydrogen-bond acceptors (Lipinski definition) is 6. The minimum absolute atomic E-state index is 0.124. The lowest BCUT2D eigenvalue weighted by atomic mass is 9.94. The Labute approximate surface area is 209 Å². The van der Waals surface area contributed by atoms with E-state index in [0.717, 1.165) is 0 Å². The highest BCUT2D eigenvalue weighted by atomic mass is 35.5. The normalized spacial score (nSPS) is 15.6. The van der Waals surface area contributed by atoms with Crippen molar-refractivity contribution in [2.45, 2.75) is 6.04 Å². The molecule has 3 aromatic carbocycles. The Morgan fingerprint density at radius 1 is 1.03 bits per heavy atom. The Morgan fingerprint density at radius 3 is 2.42 bits per heavy atom. The molecule has 0 radical (unpaired) electrons. The number of aliphatic hydroxyl groups is 1. The van der Waals surface area contributed by atoms with Gasteiger partial charge in [-0.2, -0.15) is 0 Å². The van der Waals surface area contributed by atoms with E-state index in [9.17, 15) is 19.1 Å². The van der Waals surface area contributed by atoms with E-state index in [1.165, 1.54) is 49.5 Å². The molecular formula is C27H19ClFNO6. The molecule has 4 aromatic rings. The highest BCUT2D eigenvalue weighted by molar-refractivity contribution is 6.31. The molecule has 1 amide bonds. The molecule has 0 spiro atoms. The molecule has 0 saturated carbocycles. The summed E-state index contributed by atoms with van der Waals surface area (Å²) in [6.07, 6.45) is 0. The van der Waals surface area contributed by atoms with Gasteiger partial charge >= 0.3 is 0 Å². The lowest BCUT2D eigenvalue weighted by molar-refractivity contribution is -0.117. The molecule has 182 valence electrons. The third-order valence-electron chi connectivity index (χ3n) is 5.98. The highest BCUT2D eigenvalue weighted by Crippen LogP contribution is 2.45. The number of Topliss-reactive ketones (excluding diaryl/α,β-unsaturated/α-hetero) is 1. The lowest BCUT2D eigenvalue weighted by Gasteiger charge is -2.27. The van der Waals surface area contributed by atoms with E-state index in [1.54, 1.807) is 36.4 Å². The third-order valence-corrected chi connectivity index (χ3v) is 6.20. The van der Waals surface area contributed by atoms with Gasteiger partial charge in [-0.05, 0) is 42.5 Å². The maximum atomic E-state index is 13.8. The summed E-state index contributed by atoms with van der Waals surface area (Å²) in [7, 11) is 2.90. The Hall–Kier alpha value is -4.30. The van der Waals surface area contributed by atoms with Crippen molar-refractivity contribution >= 4 is 39.9 Å². The van der Waals surface area contributed by atoms with Crippen molar-refractivity contribution in [3.05, 3.63) is 100 Å². The van der Waals surface area contributed by atoms with Crippen molar-refractivity contribution in [3.63, 3.8) is 0 Å². The second kappa shape index (κ2) is 9.05. The zero-order valence-corrected chi connectivity index (χ0v) is 19.9. The fourth-order valence-corrected chi connectivity index (χ4v) is 4.59. The van der Waals surface area contributed by atoms with E-state index in [0.29, 0.717) is 33.1 Å². The van der Waals surface area contributed by atoms with Crippen LogP contribution in [0.2, 0.25) is 5.02 Å². The molecule has 0 saturated heterocycles. The van der Waals surface area contributed by atoms with Gasteiger partial charge in [0.05, 0.1) is 25.8 Å². The van der Waals surface area contributed by atoms with Crippen LogP contribution >= 0.6 is 11.6 Å². The van der Waals surface area contributed by atoms with Gasteiger partial charge < -0.3 is 19.0 Å². The van der Waals surface area contributed by atoms with E-state index in [-0.39, 0.29) is 17.0 Å². The summed E-state index contributed by atoms with van der Waals surface area (Å²) in [6.45, 7) is 0. The van der Waals surface area contributed by atoms with Crippen molar-refractivity contribution in [1.29, 1.82) is 0 Å². The molecule has 5 rings (SSSR count). The largest absolute Gasteiger partial charge is 0.503 e. The van der Waals surface area contributed by atoms with Gasteiger partial charge in [0.1, 0.15) is 11.6 Å². The molecule has 0 fully saturated rings. The van der Waals surface area contributed by atoms with E-state index in [1.807, 2.05) is 0 Å². The number of nitrogens with zero attached hydrogens (tertiary/aromatic N) is 1. The second-order valence-electron chi connectivity index (χ2n) is 8.02. The maximum absolute atomic E-state index is 13.8. The lowest BCUT2D eigenvalue weighted by Crippen LogP contribution is -2.31. The zero-order chi connectivity index (χ0) is 25.6. The quantitative estimate of drug-likeness (QED) is 0.321. The molecule has 1 aliphatic rings. The molecule has 1 aromatic heterocycles. The van der Waals surface area contributed by atoms with Crippen LogP contribution in [0.3, 0.4) is 0 Å². The predicted molar refractivity (Wildman–Crippen MR) is 131 cm³/mol. The van der Waals surface area contributed by atoms with Gasteiger partial charge in [0.2, 0.25) is 5.78 Å². The molecule has 0 aliphatic carbocycles. The third kappa shape index (κ3) is 3.76. The summed E-state index contributed by atoms with van der Waals surface area (Å²) in [5, 5.41) is 11.8. The molecule has 9 heteroatoms. The van der Waals surface area contributed by atoms with Crippen LogP contribution in [-0.2, 0) is 4.79 Å². The summed E-state index contributed by atoms with van der Waals surface area (Å²) in [4.78, 5) is 28.3. The number of methoxy groups -OCH3 is 2. The zero-order valence-electron chi connectivity index (χ0n) is 19.1. The van der Waals surface area contributed by atoms with Crippen molar-refractivity contribution in [1.82, 2.24) is 0 Å². The number of fused-ring (bicyclic) bond motifs is 1. The number of carbonyl (C=O) groups excluding carboxylic acids is 2. The predicted octanol–water partition coefficient (Wildman–Crippen LogP) is 6.03. The van der Waals surface area contributed by atoms with Crippen LogP contribution in [0.5, 0.6) is 11.5 Å². The van der Waals surface area contributed by atoms with E-state index < -0.39 is 29.3 Å². The number of furan rings is 1. The molecule has 1 unspecified atom stereocenters. The Morgan fingerprint density at radius 2 is 1.72 bits per heavy atom. The number of carbonyl (C=O) groups is 2. The van der Waals surface area contributed by atoms with Crippen LogP contribution in [0.4, 0.5) is 10.1 Å². The highest BCUT2D eigenvalue weighted by Gasteiger charge is 2.46. The van der Waals surface area contributed by atoms with Crippen LogP contribution in [0.15, 0.2) is 82.5 Å². The number of hydrogen-bond donors (Lipinski definition) is 1. The maximum Gasteiger partial charge on any atom is 0.294 e. The van der Waals surface area contributed by atoms with Gasteiger partial charge in [-0.3, -0.25) is 14.5 Å². The van der Waals surface area contributed by atoms with Crippen LogP contribution in [0, 0.1) is 5.82 Å². The van der Waals surface area contributed by atoms with Crippen LogP contribution in [0.1, 0.15) is 22.2 Å². The van der Waals surface area contributed by atoms with E-state index >= 15 is 0 Å².